The van der Waals surface area contributed by atoms with Crippen LogP contribution in [0, 0.1) is 6.92 Å². The first kappa shape index (κ1) is 11.4. The number of nitrogens with zero attached hydrogens (tertiary/aromatic N) is 3. The smallest absolute Gasteiger partial charge is 0.328 e. The molecule has 2 amide bonds. The number of carboxylic acids is 1. The maximum Gasteiger partial charge on any atom is 0.328 e. The number of anilines is 1. The number of carbonyl (C=O) groups excluding carboxylic acids is 1. The van der Waals surface area contributed by atoms with Crippen molar-refractivity contribution < 1.29 is 14.7 Å². The summed E-state index contributed by atoms with van der Waals surface area (Å²) in [6.45, 7) is 1.94. The Morgan fingerprint density at radius 3 is 2.82 bits per heavy atom. The Kier molecular flexibility index (Phi) is 2.71. The van der Waals surface area contributed by atoms with Gasteiger partial charge < -0.3 is 10.0 Å². The second-order valence-corrected chi connectivity index (χ2v) is 3.97. The summed E-state index contributed by atoms with van der Waals surface area (Å²) in [5.41, 5.74) is 1.37. The van der Waals surface area contributed by atoms with Crippen molar-refractivity contribution in [3.05, 3.63) is 24.0 Å². The predicted octanol–water partition coefficient (Wildman–Crippen LogP) is 0.715. The van der Waals surface area contributed by atoms with E-state index in [1.54, 1.807) is 25.3 Å². The van der Waals surface area contributed by atoms with Gasteiger partial charge in [0.25, 0.3) is 0 Å². The molecule has 0 aliphatic carbocycles. The number of urea groups is 1. The third-order valence-corrected chi connectivity index (χ3v) is 2.91. The van der Waals surface area contributed by atoms with E-state index in [2.05, 4.69) is 4.98 Å². The monoisotopic (exact) mass is 235 g/mol. The fraction of sp³-hybridized carbons (Fsp3) is 0.364. The summed E-state index contributed by atoms with van der Waals surface area (Å²) in [6.07, 6.45) is 1.64. The minimum atomic E-state index is -0.995. The number of carbonyl (C=O) groups is 2. The molecule has 0 aromatic carbocycles. The molecule has 1 aliphatic rings. The quantitative estimate of drug-likeness (QED) is 0.819. The maximum absolute atomic E-state index is 11.9. The highest BCUT2D eigenvalue weighted by Gasteiger charge is 2.40. The van der Waals surface area contributed by atoms with Gasteiger partial charge in [0, 0.05) is 13.2 Å². The molecule has 90 valence electrons. The van der Waals surface area contributed by atoms with Crippen LogP contribution in [0.1, 0.15) is 5.69 Å². The first-order valence-corrected chi connectivity index (χ1v) is 5.21. The Bertz CT molecular complexity index is 475. The Morgan fingerprint density at radius 2 is 2.29 bits per heavy atom. The molecule has 2 heterocycles. The normalized spacial score (nSPS) is 19.9. The van der Waals surface area contributed by atoms with Gasteiger partial charge in [0.1, 0.15) is 6.04 Å². The van der Waals surface area contributed by atoms with Crippen LogP contribution in [-0.4, -0.2) is 46.6 Å². The Balaban J connectivity index is 2.33. The lowest BCUT2D eigenvalue weighted by Crippen LogP contribution is -2.36. The maximum atomic E-state index is 11.9. The Hall–Kier alpha value is -2.11. The van der Waals surface area contributed by atoms with Gasteiger partial charge in [-0.15, -0.1) is 0 Å². The number of pyridine rings is 1. The van der Waals surface area contributed by atoms with Crippen LogP contribution in [0.2, 0.25) is 0 Å². The van der Waals surface area contributed by atoms with Crippen LogP contribution < -0.4 is 4.90 Å². The van der Waals surface area contributed by atoms with Crippen molar-refractivity contribution in [1.82, 2.24) is 9.88 Å². The molecule has 0 bridgehead atoms. The van der Waals surface area contributed by atoms with Crippen molar-refractivity contribution in [2.45, 2.75) is 13.0 Å². The molecule has 1 unspecified atom stereocenters. The summed E-state index contributed by atoms with van der Waals surface area (Å²) in [7, 11) is 1.49. The molecule has 1 aliphatic heterocycles. The highest BCUT2D eigenvalue weighted by atomic mass is 16.4. The molecule has 1 fully saturated rings. The van der Waals surface area contributed by atoms with E-state index in [0.717, 1.165) is 0 Å². The molecule has 1 aromatic heterocycles. The van der Waals surface area contributed by atoms with Gasteiger partial charge in [-0.05, 0) is 19.1 Å². The highest BCUT2D eigenvalue weighted by Crippen LogP contribution is 2.24. The fourth-order valence-electron chi connectivity index (χ4n) is 1.90. The largest absolute Gasteiger partial charge is 0.480 e. The number of hydrogen-bond acceptors (Lipinski definition) is 3. The predicted molar refractivity (Wildman–Crippen MR) is 60.9 cm³/mol. The summed E-state index contributed by atoms with van der Waals surface area (Å²) in [6, 6.07) is 2.37. The molecule has 6 nitrogen and oxygen atoms in total. The SMILES string of the molecule is Cc1ncccc1N1CC(C(=O)O)N(C)C1=O. The van der Waals surface area contributed by atoms with Crippen LogP contribution in [0.3, 0.4) is 0 Å². The number of hydrogen-bond donors (Lipinski definition) is 1. The summed E-state index contributed by atoms with van der Waals surface area (Å²) >= 11 is 0. The molecule has 0 saturated carbocycles. The van der Waals surface area contributed by atoms with E-state index in [1.165, 1.54) is 16.8 Å². The lowest BCUT2D eigenvalue weighted by molar-refractivity contribution is -0.140. The standard InChI is InChI=1S/C11H13N3O3/c1-7-8(4-3-5-12-7)14-6-9(10(15)16)13(2)11(14)17/h3-5,9H,6H2,1-2H3,(H,15,16). The van der Waals surface area contributed by atoms with E-state index in [0.29, 0.717) is 11.4 Å². The summed E-state index contributed by atoms with van der Waals surface area (Å²) < 4.78 is 0. The number of aryl methyl sites for hydroxylation is 1. The van der Waals surface area contributed by atoms with Crippen LogP contribution in [0.15, 0.2) is 18.3 Å². The Labute approximate surface area is 98.5 Å². The van der Waals surface area contributed by atoms with Gasteiger partial charge in [0.2, 0.25) is 0 Å². The molecule has 6 heteroatoms. The van der Waals surface area contributed by atoms with E-state index in [-0.39, 0.29) is 12.6 Å². The molecule has 2 rings (SSSR count). The fourth-order valence-corrected chi connectivity index (χ4v) is 1.90. The third-order valence-electron chi connectivity index (χ3n) is 2.91. The zero-order valence-corrected chi connectivity index (χ0v) is 9.62. The molecule has 0 radical (unpaired) electrons. The van der Waals surface area contributed by atoms with Gasteiger partial charge >= 0.3 is 12.0 Å². The summed E-state index contributed by atoms with van der Waals surface area (Å²) in [5, 5.41) is 9.00. The summed E-state index contributed by atoms with van der Waals surface area (Å²) in [5.74, 6) is -0.995. The van der Waals surface area contributed by atoms with Gasteiger partial charge in [0.15, 0.2) is 0 Å². The van der Waals surface area contributed by atoms with E-state index < -0.39 is 12.0 Å². The minimum absolute atomic E-state index is 0.150. The molecule has 1 atom stereocenters. The topological polar surface area (TPSA) is 73.7 Å². The molecular formula is C11H13N3O3. The van der Waals surface area contributed by atoms with Crippen LogP contribution in [0.4, 0.5) is 10.5 Å². The molecule has 17 heavy (non-hydrogen) atoms. The number of likely N-dealkylation sites (N-methyl/N-ethyl adjacent to an activating group) is 1. The van der Waals surface area contributed by atoms with Crippen molar-refractivity contribution in [2.24, 2.45) is 0 Å². The number of aliphatic carboxylic acids is 1. The molecule has 1 aromatic rings. The van der Waals surface area contributed by atoms with Gasteiger partial charge in [-0.2, -0.15) is 0 Å². The first-order valence-electron chi connectivity index (χ1n) is 5.21. The molecular weight excluding hydrogens is 222 g/mol. The van der Waals surface area contributed by atoms with Gasteiger partial charge in [-0.3, -0.25) is 9.88 Å². The average molecular weight is 235 g/mol. The van der Waals surface area contributed by atoms with Crippen molar-refractivity contribution in [2.75, 3.05) is 18.5 Å². The molecule has 0 spiro atoms. The van der Waals surface area contributed by atoms with E-state index in [4.69, 9.17) is 5.11 Å². The summed E-state index contributed by atoms with van der Waals surface area (Å²) in [4.78, 5) is 29.7. The van der Waals surface area contributed by atoms with Crippen molar-refractivity contribution >= 4 is 17.7 Å². The minimum Gasteiger partial charge on any atom is -0.480 e. The van der Waals surface area contributed by atoms with E-state index >= 15 is 0 Å². The lowest BCUT2D eigenvalue weighted by Gasteiger charge is -2.17. The molecule has 1 N–H and O–H groups in total. The Morgan fingerprint density at radius 1 is 1.59 bits per heavy atom. The van der Waals surface area contributed by atoms with Crippen LogP contribution in [0.5, 0.6) is 0 Å². The van der Waals surface area contributed by atoms with E-state index in [1.807, 2.05) is 0 Å². The van der Waals surface area contributed by atoms with Gasteiger partial charge in [-0.1, -0.05) is 0 Å². The second-order valence-electron chi connectivity index (χ2n) is 3.97. The van der Waals surface area contributed by atoms with Gasteiger partial charge in [0.05, 0.1) is 17.9 Å². The number of carboxylic acid groups (broad SMARTS) is 1. The van der Waals surface area contributed by atoms with Crippen LogP contribution >= 0.6 is 0 Å². The van der Waals surface area contributed by atoms with Gasteiger partial charge in [-0.25, -0.2) is 9.59 Å². The number of rotatable bonds is 2. The molecule has 1 saturated heterocycles. The van der Waals surface area contributed by atoms with Crippen molar-refractivity contribution in [1.29, 1.82) is 0 Å². The average Bonchev–Trinajstić information content (AvgIpc) is 2.57. The highest BCUT2D eigenvalue weighted by molar-refractivity contribution is 5.99. The first-order chi connectivity index (χ1) is 8.02. The van der Waals surface area contributed by atoms with Crippen LogP contribution in [-0.2, 0) is 4.79 Å². The second kappa shape index (κ2) is 4.04. The lowest BCUT2D eigenvalue weighted by atomic mass is 10.2. The van der Waals surface area contributed by atoms with Crippen molar-refractivity contribution in [3.8, 4) is 0 Å². The zero-order valence-electron chi connectivity index (χ0n) is 9.62. The third kappa shape index (κ3) is 1.82. The van der Waals surface area contributed by atoms with E-state index in [9.17, 15) is 9.59 Å². The van der Waals surface area contributed by atoms with Crippen molar-refractivity contribution in [3.63, 3.8) is 0 Å². The van der Waals surface area contributed by atoms with Crippen LogP contribution in [0.25, 0.3) is 0 Å². The number of amides is 2. The number of aromatic nitrogens is 1. The zero-order chi connectivity index (χ0) is 12.6.